The highest BCUT2D eigenvalue weighted by Gasteiger charge is 2.40. The van der Waals surface area contributed by atoms with E-state index >= 15 is 0 Å². The molecule has 1 aliphatic rings. The minimum atomic E-state index is -0.917. The van der Waals surface area contributed by atoms with E-state index in [9.17, 15) is 14.0 Å². The molecule has 2 atom stereocenters. The molecule has 2 N–H and O–H groups in total. The number of amides is 2. The molecule has 3 aromatic rings. The molecular formula is C28H34FN5O4. The normalized spacial score (nSPS) is 15.8. The van der Waals surface area contributed by atoms with E-state index in [2.05, 4.69) is 10.3 Å². The lowest BCUT2D eigenvalue weighted by Crippen LogP contribution is -2.46. The first kappa shape index (κ1) is 27.3. The Labute approximate surface area is 221 Å². The Morgan fingerprint density at radius 1 is 1.29 bits per heavy atom. The van der Waals surface area contributed by atoms with Crippen molar-refractivity contribution >= 4 is 29.5 Å². The van der Waals surface area contributed by atoms with Gasteiger partial charge >= 0.3 is 6.09 Å². The highest BCUT2D eigenvalue weighted by molar-refractivity contribution is 6.11. The van der Waals surface area contributed by atoms with Gasteiger partial charge in [-0.05, 0) is 58.7 Å². The van der Waals surface area contributed by atoms with Crippen LogP contribution in [-0.4, -0.2) is 56.4 Å². The molecule has 0 aliphatic carbocycles. The Hall–Kier alpha value is -3.79. The lowest BCUT2D eigenvalue weighted by Gasteiger charge is -2.33. The van der Waals surface area contributed by atoms with Gasteiger partial charge in [0.25, 0.3) is 5.91 Å². The molecule has 0 saturated carbocycles. The Bertz CT molecular complexity index is 1400. The fourth-order valence-corrected chi connectivity index (χ4v) is 4.39. The van der Waals surface area contributed by atoms with Gasteiger partial charge in [-0.2, -0.15) is 0 Å². The van der Waals surface area contributed by atoms with E-state index in [0.29, 0.717) is 40.3 Å². The molecule has 3 heterocycles. The van der Waals surface area contributed by atoms with Crippen molar-refractivity contribution in [1.29, 1.82) is 5.41 Å². The number of anilines is 1. The fourth-order valence-electron chi connectivity index (χ4n) is 4.39. The molecule has 1 aliphatic heterocycles. The standard InChI is InChI=1S/C28H34FN5O4/c1-7-12-37-28(6,16-30)17(2)32-21-9-8-19(22-14-31-23-13-18(29)10-11-33(22)23)20-15-34(25(35)24(20)21)26(36)38-27(3,4)5/h8-11,13-14,16-17,30,32H,7,12,15H2,1-6H3/t17?,28-/m1/s1. The summed E-state index contributed by atoms with van der Waals surface area (Å²) in [6.45, 7) is 11.4. The van der Waals surface area contributed by atoms with Gasteiger partial charge in [0, 0.05) is 36.3 Å². The molecule has 4 rings (SSSR count). The topological polar surface area (TPSA) is 109 Å². The molecule has 0 spiro atoms. The summed E-state index contributed by atoms with van der Waals surface area (Å²) in [5.74, 6) is -0.893. The first-order valence-corrected chi connectivity index (χ1v) is 12.6. The van der Waals surface area contributed by atoms with Crippen LogP contribution in [0.25, 0.3) is 16.9 Å². The molecular weight excluding hydrogens is 489 g/mol. The maximum absolute atomic E-state index is 13.8. The van der Waals surface area contributed by atoms with E-state index in [1.54, 1.807) is 43.6 Å². The quantitative estimate of drug-likeness (QED) is 0.369. The van der Waals surface area contributed by atoms with E-state index in [0.717, 1.165) is 11.3 Å². The lowest BCUT2D eigenvalue weighted by molar-refractivity contribution is 0.0144. The predicted molar refractivity (Wildman–Crippen MR) is 143 cm³/mol. The van der Waals surface area contributed by atoms with Crippen LogP contribution in [0.3, 0.4) is 0 Å². The molecule has 0 radical (unpaired) electrons. The van der Waals surface area contributed by atoms with Crippen molar-refractivity contribution in [3.05, 3.63) is 53.6 Å². The molecule has 2 amide bonds. The van der Waals surface area contributed by atoms with Crippen LogP contribution in [0.5, 0.6) is 0 Å². The summed E-state index contributed by atoms with van der Waals surface area (Å²) in [4.78, 5) is 32.1. The number of aromatic nitrogens is 2. The van der Waals surface area contributed by atoms with Gasteiger partial charge in [-0.25, -0.2) is 19.1 Å². The third kappa shape index (κ3) is 5.13. The Balaban J connectivity index is 1.80. The smallest absolute Gasteiger partial charge is 0.417 e. The van der Waals surface area contributed by atoms with Gasteiger partial charge in [0.1, 0.15) is 22.7 Å². The number of imidazole rings is 1. The van der Waals surface area contributed by atoms with Crippen molar-refractivity contribution < 1.29 is 23.5 Å². The van der Waals surface area contributed by atoms with Gasteiger partial charge in [0.05, 0.1) is 30.0 Å². The van der Waals surface area contributed by atoms with E-state index in [1.807, 2.05) is 26.8 Å². The molecule has 1 unspecified atom stereocenters. The van der Waals surface area contributed by atoms with Gasteiger partial charge in [-0.1, -0.05) is 13.0 Å². The number of hydrogen-bond acceptors (Lipinski definition) is 7. The van der Waals surface area contributed by atoms with Crippen molar-refractivity contribution in [2.24, 2.45) is 0 Å². The van der Waals surface area contributed by atoms with Crippen LogP contribution in [-0.2, 0) is 16.0 Å². The minimum Gasteiger partial charge on any atom is -0.443 e. The number of hydrogen-bond donors (Lipinski definition) is 2. The second-order valence-electron chi connectivity index (χ2n) is 10.6. The van der Waals surface area contributed by atoms with Crippen LogP contribution in [0.4, 0.5) is 14.9 Å². The molecule has 38 heavy (non-hydrogen) atoms. The van der Waals surface area contributed by atoms with Crippen LogP contribution < -0.4 is 5.32 Å². The van der Waals surface area contributed by atoms with Crippen LogP contribution in [0.1, 0.15) is 63.9 Å². The number of ether oxygens (including phenoxy) is 2. The van der Waals surface area contributed by atoms with Crippen LogP contribution in [0.2, 0.25) is 0 Å². The van der Waals surface area contributed by atoms with Gasteiger partial charge in [-0.15, -0.1) is 0 Å². The maximum Gasteiger partial charge on any atom is 0.417 e. The molecule has 9 nitrogen and oxygen atoms in total. The zero-order valence-electron chi connectivity index (χ0n) is 22.6. The Morgan fingerprint density at radius 2 is 2.03 bits per heavy atom. The number of halogens is 1. The number of pyridine rings is 1. The number of rotatable bonds is 8. The number of imide groups is 1. The third-order valence-electron chi connectivity index (χ3n) is 6.59. The highest BCUT2D eigenvalue weighted by Crippen LogP contribution is 2.39. The van der Waals surface area contributed by atoms with E-state index < -0.39 is 29.0 Å². The molecule has 2 aromatic heterocycles. The highest BCUT2D eigenvalue weighted by atomic mass is 19.1. The van der Waals surface area contributed by atoms with E-state index in [-0.39, 0.29) is 12.6 Å². The number of nitrogens with zero attached hydrogens (tertiary/aromatic N) is 3. The van der Waals surface area contributed by atoms with Gasteiger partial charge in [-0.3, -0.25) is 9.20 Å². The summed E-state index contributed by atoms with van der Waals surface area (Å²) >= 11 is 0. The largest absolute Gasteiger partial charge is 0.443 e. The second-order valence-corrected chi connectivity index (χ2v) is 10.6. The van der Waals surface area contributed by atoms with Crippen LogP contribution in [0.15, 0.2) is 36.7 Å². The van der Waals surface area contributed by atoms with Crippen LogP contribution >= 0.6 is 0 Å². The number of carbonyl (C=O) groups excluding carboxylic acids is 2. The van der Waals surface area contributed by atoms with Gasteiger partial charge < -0.3 is 20.2 Å². The van der Waals surface area contributed by atoms with Gasteiger partial charge in [0.15, 0.2) is 0 Å². The number of nitrogens with one attached hydrogen (secondary N) is 2. The minimum absolute atomic E-state index is 0.00488. The monoisotopic (exact) mass is 523 g/mol. The average molecular weight is 524 g/mol. The van der Waals surface area contributed by atoms with Crippen molar-refractivity contribution in [1.82, 2.24) is 14.3 Å². The molecule has 10 heteroatoms. The predicted octanol–water partition coefficient (Wildman–Crippen LogP) is 5.67. The average Bonchev–Trinajstić information content (AvgIpc) is 3.42. The lowest BCUT2D eigenvalue weighted by atomic mass is 9.95. The molecule has 0 bridgehead atoms. The summed E-state index contributed by atoms with van der Waals surface area (Å²) in [6, 6.07) is 5.91. The number of benzene rings is 1. The van der Waals surface area contributed by atoms with Gasteiger partial charge in [0.2, 0.25) is 0 Å². The summed E-state index contributed by atoms with van der Waals surface area (Å²) in [5.41, 5.74) is 1.54. The summed E-state index contributed by atoms with van der Waals surface area (Å²) in [7, 11) is 0. The van der Waals surface area contributed by atoms with E-state index in [1.165, 1.54) is 18.3 Å². The molecule has 202 valence electrons. The van der Waals surface area contributed by atoms with Crippen molar-refractivity contribution in [3.8, 4) is 11.3 Å². The first-order valence-electron chi connectivity index (χ1n) is 12.6. The zero-order chi connectivity index (χ0) is 27.8. The van der Waals surface area contributed by atoms with Crippen molar-refractivity contribution in [2.45, 2.75) is 71.8 Å². The van der Waals surface area contributed by atoms with Crippen molar-refractivity contribution in [2.75, 3.05) is 11.9 Å². The first-order chi connectivity index (χ1) is 17.9. The molecule has 1 aromatic carbocycles. The second kappa shape index (κ2) is 10.2. The van der Waals surface area contributed by atoms with Crippen LogP contribution in [0, 0.1) is 11.2 Å². The Morgan fingerprint density at radius 3 is 2.68 bits per heavy atom. The Kier molecular flexibility index (Phi) is 7.29. The number of carbonyl (C=O) groups is 2. The summed E-state index contributed by atoms with van der Waals surface area (Å²) in [6.07, 6.45) is 4.51. The number of fused-ring (bicyclic) bond motifs is 2. The SMILES string of the molecule is CCCO[C@](C)(C=N)C(C)Nc1ccc(-c2cnc3cc(F)ccn23)c2c1C(=O)N(C(=O)OC(C)(C)C)C2. The summed E-state index contributed by atoms with van der Waals surface area (Å²) < 4.78 is 27.0. The van der Waals surface area contributed by atoms with Crippen molar-refractivity contribution in [3.63, 3.8) is 0 Å². The zero-order valence-corrected chi connectivity index (χ0v) is 22.6. The summed E-state index contributed by atoms with van der Waals surface area (Å²) in [5, 5.41) is 11.3. The molecule has 0 fully saturated rings. The fraction of sp³-hybridized carbons (Fsp3) is 0.429. The third-order valence-corrected chi connectivity index (χ3v) is 6.59. The molecule has 0 saturated heterocycles. The maximum atomic E-state index is 13.8. The van der Waals surface area contributed by atoms with E-state index in [4.69, 9.17) is 14.9 Å².